The van der Waals surface area contributed by atoms with Gasteiger partial charge in [0.15, 0.2) is 0 Å². The van der Waals surface area contributed by atoms with E-state index in [-0.39, 0.29) is 24.3 Å². The molecule has 28 heavy (non-hydrogen) atoms. The van der Waals surface area contributed by atoms with Crippen molar-refractivity contribution in [3.05, 3.63) is 75.8 Å². The predicted octanol–water partition coefficient (Wildman–Crippen LogP) is 3.54. The summed E-state index contributed by atoms with van der Waals surface area (Å²) in [6.07, 6.45) is -0.318. The third-order valence-electron chi connectivity index (χ3n) is 4.62. The number of aliphatic hydroxyl groups excluding tert-OH is 1. The molecule has 1 fully saturated rings. The Hall–Kier alpha value is -3.12. The van der Waals surface area contributed by atoms with Crippen molar-refractivity contribution in [1.29, 1.82) is 0 Å². The van der Waals surface area contributed by atoms with Crippen molar-refractivity contribution in [2.45, 2.75) is 19.4 Å². The third kappa shape index (κ3) is 3.77. The average molecular weight is 400 g/mol. The van der Waals surface area contributed by atoms with Crippen molar-refractivity contribution in [2.75, 3.05) is 6.54 Å². The van der Waals surface area contributed by atoms with E-state index in [1.165, 1.54) is 4.90 Å². The van der Waals surface area contributed by atoms with E-state index in [4.69, 9.17) is 16.7 Å². The standard InChI is InChI=1S/C21H18ClNO5/c1-12-2-4-14(5-3-12)19(26)17-18(13-6-8-15(22)9-7-13)23(11-10-16(24)25)21(28)20(17)27/h2-9,18,26H,10-11H2,1H3,(H,24,25)/t18-/m0/s1. The van der Waals surface area contributed by atoms with Crippen molar-refractivity contribution in [2.24, 2.45) is 0 Å². The lowest BCUT2D eigenvalue weighted by atomic mass is 9.95. The van der Waals surface area contributed by atoms with Gasteiger partial charge in [-0.1, -0.05) is 53.6 Å². The molecular formula is C21H18ClNO5. The molecule has 1 saturated heterocycles. The number of carbonyl (C=O) groups is 3. The number of hydrogen-bond donors (Lipinski definition) is 2. The summed E-state index contributed by atoms with van der Waals surface area (Å²) in [5.41, 5.74) is 1.87. The van der Waals surface area contributed by atoms with Crippen LogP contribution in [0.25, 0.3) is 5.76 Å². The van der Waals surface area contributed by atoms with Crippen molar-refractivity contribution in [3.63, 3.8) is 0 Å². The maximum atomic E-state index is 12.7. The molecule has 0 spiro atoms. The molecule has 0 bridgehead atoms. The number of benzene rings is 2. The van der Waals surface area contributed by atoms with Crippen molar-refractivity contribution in [1.82, 2.24) is 4.90 Å². The first-order valence-electron chi connectivity index (χ1n) is 8.62. The van der Waals surface area contributed by atoms with E-state index in [2.05, 4.69) is 0 Å². The van der Waals surface area contributed by atoms with Gasteiger partial charge in [0, 0.05) is 17.1 Å². The second-order valence-electron chi connectivity index (χ2n) is 6.55. The van der Waals surface area contributed by atoms with Crippen LogP contribution in [0.3, 0.4) is 0 Å². The molecule has 0 unspecified atom stereocenters. The van der Waals surface area contributed by atoms with Gasteiger partial charge >= 0.3 is 5.97 Å². The second-order valence-corrected chi connectivity index (χ2v) is 6.99. The maximum absolute atomic E-state index is 12.7. The highest BCUT2D eigenvalue weighted by Crippen LogP contribution is 2.39. The molecule has 1 atom stereocenters. The third-order valence-corrected chi connectivity index (χ3v) is 4.87. The Balaban J connectivity index is 2.14. The zero-order valence-corrected chi connectivity index (χ0v) is 15.8. The van der Waals surface area contributed by atoms with Crippen LogP contribution in [0.5, 0.6) is 0 Å². The SMILES string of the molecule is Cc1ccc(C(O)=C2C(=O)C(=O)N(CCC(=O)O)[C@H]2c2ccc(Cl)cc2)cc1. The number of likely N-dealkylation sites (tertiary alicyclic amines) is 1. The molecule has 0 radical (unpaired) electrons. The zero-order chi connectivity index (χ0) is 20.4. The van der Waals surface area contributed by atoms with Crippen LogP contribution in [-0.2, 0) is 14.4 Å². The fraction of sp³-hybridized carbons (Fsp3) is 0.190. The van der Waals surface area contributed by atoms with Gasteiger partial charge in [-0.2, -0.15) is 0 Å². The summed E-state index contributed by atoms with van der Waals surface area (Å²) in [6.45, 7) is 1.74. The number of aliphatic hydroxyl groups is 1. The number of rotatable bonds is 5. The van der Waals surface area contributed by atoms with Crippen LogP contribution < -0.4 is 0 Å². The number of nitrogens with zero attached hydrogens (tertiary/aromatic N) is 1. The lowest BCUT2D eigenvalue weighted by molar-refractivity contribution is -0.142. The minimum Gasteiger partial charge on any atom is -0.507 e. The van der Waals surface area contributed by atoms with Gasteiger partial charge in [0.05, 0.1) is 18.0 Å². The predicted molar refractivity (Wildman–Crippen MR) is 104 cm³/mol. The highest BCUT2D eigenvalue weighted by Gasteiger charge is 2.46. The Kier molecular flexibility index (Phi) is 5.51. The first kappa shape index (κ1) is 19.6. The minimum absolute atomic E-state index is 0.0680. The molecule has 6 nitrogen and oxygen atoms in total. The van der Waals surface area contributed by atoms with Gasteiger partial charge in [-0.25, -0.2) is 0 Å². The van der Waals surface area contributed by atoms with Crippen molar-refractivity contribution < 1.29 is 24.6 Å². The quantitative estimate of drug-likeness (QED) is 0.455. The number of Topliss-reactive ketones (excluding diaryl/α,β-unsaturated/α-hetero) is 1. The molecule has 2 aromatic rings. The number of aliphatic carboxylic acids is 1. The van der Waals surface area contributed by atoms with E-state index in [1.807, 2.05) is 6.92 Å². The van der Waals surface area contributed by atoms with Gasteiger partial charge in [0.25, 0.3) is 11.7 Å². The van der Waals surface area contributed by atoms with Gasteiger partial charge in [0.2, 0.25) is 0 Å². The number of hydrogen-bond acceptors (Lipinski definition) is 4. The normalized spacial score (nSPS) is 18.5. The van der Waals surface area contributed by atoms with Crippen LogP contribution in [0.4, 0.5) is 0 Å². The number of carboxylic acids is 1. The fourth-order valence-electron chi connectivity index (χ4n) is 3.19. The van der Waals surface area contributed by atoms with Gasteiger partial charge < -0.3 is 15.1 Å². The van der Waals surface area contributed by atoms with E-state index in [0.29, 0.717) is 16.1 Å². The molecule has 0 saturated carbocycles. The fourth-order valence-corrected chi connectivity index (χ4v) is 3.31. The Bertz CT molecular complexity index is 963. The van der Waals surface area contributed by atoms with E-state index >= 15 is 0 Å². The molecular weight excluding hydrogens is 382 g/mol. The van der Waals surface area contributed by atoms with Crippen molar-refractivity contribution >= 4 is 35.0 Å². The molecule has 3 rings (SSSR count). The molecule has 0 aromatic heterocycles. The molecule has 2 N–H and O–H groups in total. The monoisotopic (exact) mass is 399 g/mol. The van der Waals surface area contributed by atoms with Gasteiger partial charge in [-0.3, -0.25) is 14.4 Å². The summed E-state index contributed by atoms with van der Waals surface area (Å²) in [7, 11) is 0. The van der Waals surface area contributed by atoms with Crippen LogP contribution in [-0.4, -0.2) is 39.3 Å². The summed E-state index contributed by atoms with van der Waals surface area (Å²) in [4.78, 5) is 37.5. The lowest BCUT2D eigenvalue weighted by Gasteiger charge is -2.24. The Morgan fingerprint density at radius 1 is 1.04 bits per heavy atom. The summed E-state index contributed by atoms with van der Waals surface area (Å²) >= 11 is 5.94. The van der Waals surface area contributed by atoms with Crippen LogP contribution in [0, 0.1) is 6.92 Å². The summed E-state index contributed by atoms with van der Waals surface area (Å²) in [6, 6.07) is 12.5. The van der Waals surface area contributed by atoms with Crippen molar-refractivity contribution in [3.8, 4) is 0 Å². The van der Waals surface area contributed by atoms with E-state index in [1.54, 1.807) is 48.5 Å². The minimum atomic E-state index is -1.09. The summed E-state index contributed by atoms with van der Waals surface area (Å²) < 4.78 is 0. The molecule has 1 aliphatic heterocycles. The number of ketones is 1. The Morgan fingerprint density at radius 3 is 2.21 bits per heavy atom. The number of carbonyl (C=O) groups excluding carboxylic acids is 2. The highest BCUT2D eigenvalue weighted by molar-refractivity contribution is 6.46. The maximum Gasteiger partial charge on any atom is 0.305 e. The largest absolute Gasteiger partial charge is 0.507 e. The molecule has 1 aliphatic rings. The molecule has 2 aromatic carbocycles. The lowest BCUT2D eigenvalue weighted by Crippen LogP contribution is -2.31. The van der Waals surface area contributed by atoms with Crippen LogP contribution in [0.2, 0.25) is 5.02 Å². The number of halogens is 1. The molecule has 7 heteroatoms. The van der Waals surface area contributed by atoms with Crippen LogP contribution in [0.15, 0.2) is 54.1 Å². The van der Waals surface area contributed by atoms with E-state index < -0.39 is 23.7 Å². The first-order valence-corrected chi connectivity index (χ1v) is 9.00. The number of aryl methyl sites for hydroxylation is 1. The number of carboxylic acid groups (broad SMARTS) is 1. The molecule has 144 valence electrons. The number of amides is 1. The summed E-state index contributed by atoms with van der Waals surface area (Å²) in [5.74, 6) is -3.07. The van der Waals surface area contributed by atoms with Crippen LogP contribution >= 0.6 is 11.6 Å². The van der Waals surface area contributed by atoms with E-state index in [9.17, 15) is 19.5 Å². The average Bonchev–Trinajstić information content (AvgIpc) is 2.91. The van der Waals surface area contributed by atoms with Crippen LogP contribution in [0.1, 0.15) is 29.2 Å². The second kappa shape index (κ2) is 7.86. The van der Waals surface area contributed by atoms with Gasteiger partial charge in [0.1, 0.15) is 5.76 Å². The molecule has 1 heterocycles. The first-order chi connectivity index (χ1) is 13.3. The smallest absolute Gasteiger partial charge is 0.305 e. The van der Waals surface area contributed by atoms with E-state index in [0.717, 1.165) is 5.56 Å². The summed E-state index contributed by atoms with van der Waals surface area (Å²) in [5, 5.41) is 20.3. The highest BCUT2D eigenvalue weighted by atomic mass is 35.5. The Morgan fingerprint density at radius 2 is 1.64 bits per heavy atom. The molecule has 1 amide bonds. The Labute approximate surface area is 166 Å². The zero-order valence-electron chi connectivity index (χ0n) is 15.1. The van der Waals surface area contributed by atoms with Gasteiger partial charge in [-0.15, -0.1) is 0 Å². The topological polar surface area (TPSA) is 94.9 Å². The van der Waals surface area contributed by atoms with Gasteiger partial charge in [-0.05, 0) is 24.6 Å². The molecule has 0 aliphatic carbocycles.